The zero-order valence-corrected chi connectivity index (χ0v) is 7.97. The number of nitriles is 1. The summed E-state index contributed by atoms with van der Waals surface area (Å²) in [6.07, 6.45) is 1.84. The first-order chi connectivity index (χ1) is 5.85. The van der Waals surface area contributed by atoms with Crippen molar-refractivity contribution in [1.82, 2.24) is 5.32 Å². The number of hydrogen-bond acceptors (Lipinski definition) is 3. The quantitative estimate of drug-likeness (QED) is 0.586. The van der Waals surface area contributed by atoms with Crippen molar-refractivity contribution in [2.24, 2.45) is 0 Å². The highest BCUT2D eigenvalue weighted by molar-refractivity contribution is 4.89. The molecule has 0 aromatic heterocycles. The van der Waals surface area contributed by atoms with Crippen molar-refractivity contribution in [2.75, 3.05) is 19.8 Å². The fourth-order valence-corrected chi connectivity index (χ4v) is 0.876. The summed E-state index contributed by atoms with van der Waals surface area (Å²) in [6.45, 7) is 6.35. The third-order valence-electron chi connectivity index (χ3n) is 1.55. The lowest BCUT2D eigenvalue weighted by molar-refractivity contribution is 0.140. The molecule has 1 unspecified atom stereocenters. The van der Waals surface area contributed by atoms with Gasteiger partial charge in [0, 0.05) is 13.2 Å². The Labute approximate surface area is 74.7 Å². The molecule has 0 heterocycles. The van der Waals surface area contributed by atoms with Gasteiger partial charge < -0.3 is 10.1 Å². The maximum atomic E-state index is 8.68. The molecule has 70 valence electrons. The Morgan fingerprint density at radius 2 is 2.25 bits per heavy atom. The monoisotopic (exact) mass is 170 g/mol. The Morgan fingerprint density at radius 3 is 2.75 bits per heavy atom. The predicted octanol–water partition coefficient (Wildman–Crippen LogP) is 1.30. The van der Waals surface area contributed by atoms with E-state index in [-0.39, 0.29) is 6.04 Å². The molecule has 0 spiro atoms. The Balaban J connectivity index is 3.35. The molecule has 0 aromatic carbocycles. The van der Waals surface area contributed by atoms with Gasteiger partial charge in [0.05, 0.1) is 12.1 Å². The Hall–Kier alpha value is -0.590. The van der Waals surface area contributed by atoms with Crippen LogP contribution in [-0.4, -0.2) is 25.8 Å². The molecule has 0 saturated carbocycles. The summed E-state index contributed by atoms with van der Waals surface area (Å²) in [5.74, 6) is 0. The van der Waals surface area contributed by atoms with E-state index in [4.69, 9.17) is 10.00 Å². The fraction of sp³-hybridized carbons (Fsp3) is 0.889. The van der Waals surface area contributed by atoms with Crippen LogP contribution in [0.25, 0.3) is 0 Å². The maximum Gasteiger partial charge on any atom is 0.0975 e. The average molecular weight is 170 g/mol. The van der Waals surface area contributed by atoms with E-state index in [9.17, 15) is 0 Å². The molecule has 0 aliphatic heterocycles. The van der Waals surface area contributed by atoms with Crippen molar-refractivity contribution in [3.05, 3.63) is 0 Å². The van der Waals surface area contributed by atoms with Crippen molar-refractivity contribution in [2.45, 2.75) is 32.7 Å². The number of rotatable bonds is 7. The minimum absolute atomic E-state index is 0.0449. The van der Waals surface area contributed by atoms with Crippen molar-refractivity contribution < 1.29 is 4.74 Å². The third-order valence-corrected chi connectivity index (χ3v) is 1.55. The van der Waals surface area contributed by atoms with E-state index in [1.165, 1.54) is 0 Å². The Bertz CT molecular complexity index is 131. The SMILES string of the molecule is CCCNC(C#N)CCOCC. The van der Waals surface area contributed by atoms with Crippen LogP contribution in [0.5, 0.6) is 0 Å². The van der Waals surface area contributed by atoms with Crippen LogP contribution in [0.1, 0.15) is 26.7 Å². The molecule has 0 fully saturated rings. The summed E-state index contributed by atoms with van der Waals surface area (Å²) in [5.41, 5.74) is 0. The first-order valence-corrected chi connectivity index (χ1v) is 4.55. The number of hydrogen-bond donors (Lipinski definition) is 1. The molecule has 0 aromatic rings. The van der Waals surface area contributed by atoms with Crippen molar-refractivity contribution in [1.29, 1.82) is 5.26 Å². The number of nitrogens with one attached hydrogen (secondary N) is 1. The smallest absolute Gasteiger partial charge is 0.0975 e. The molecule has 12 heavy (non-hydrogen) atoms. The van der Waals surface area contributed by atoms with Crippen molar-refractivity contribution in [3.8, 4) is 6.07 Å². The van der Waals surface area contributed by atoms with Gasteiger partial charge in [0.2, 0.25) is 0 Å². The van der Waals surface area contributed by atoms with Crippen LogP contribution in [0, 0.1) is 11.3 Å². The zero-order chi connectivity index (χ0) is 9.23. The lowest BCUT2D eigenvalue weighted by atomic mass is 10.2. The van der Waals surface area contributed by atoms with Crippen LogP contribution >= 0.6 is 0 Å². The van der Waals surface area contributed by atoms with Gasteiger partial charge >= 0.3 is 0 Å². The van der Waals surface area contributed by atoms with Gasteiger partial charge in [-0.1, -0.05) is 6.92 Å². The van der Waals surface area contributed by atoms with E-state index in [1.807, 2.05) is 6.92 Å². The highest BCUT2D eigenvalue weighted by Crippen LogP contribution is 1.91. The minimum Gasteiger partial charge on any atom is -0.382 e. The highest BCUT2D eigenvalue weighted by Gasteiger charge is 2.03. The summed E-state index contributed by atoms with van der Waals surface area (Å²) >= 11 is 0. The van der Waals surface area contributed by atoms with Gasteiger partial charge in [-0.25, -0.2) is 0 Å². The van der Waals surface area contributed by atoms with Gasteiger partial charge in [-0.15, -0.1) is 0 Å². The fourth-order valence-electron chi connectivity index (χ4n) is 0.876. The molecule has 0 aliphatic carbocycles. The summed E-state index contributed by atoms with van der Waals surface area (Å²) in [7, 11) is 0. The summed E-state index contributed by atoms with van der Waals surface area (Å²) in [6, 6.07) is 2.16. The van der Waals surface area contributed by atoms with Gasteiger partial charge in [0.15, 0.2) is 0 Å². The molecule has 0 bridgehead atoms. The second-order valence-corrected chi connectivity index (χ2v) is 2.62. The number of ether oxygens (including phenoxy) is 1. The molecule has 1 atom stereocenters. The molecule has 0 saturated heterocycles. The molecule has 1 N–H and O–H groups in total. The average Bonchev–Trinajstić information content (AvgIpc) is 2.11. The van der Waals surface area contributed by atoms with Crippen molar-refractivity contribution >= 4 is 0 Å². The van der Waals surface area contributed by atoms with Crippen LogP contribution < -0.4 is 5.32 Å². The van der Waals surface area contributed by atoms with Crippen LogP contribution in [0.15, 0.2) is 0 Å². The van der Waals surface area contributed by atoms with Gasteiger partial charge in [-0.05, 0) is 26.3 Å². The first kappa shape index (κ1) is 11.4. The molecule has 3 nitrogen and oxygen atoms in total. The van der Waals surface area contributed by atoms with Gasteiger partial charge in [-0.3, -0.25) is 0 Å². The molecular formula is C9H18N2O. The normalized spacial score (nSPS) is 12.4. The lowest BCUT2D eigenvalue weighted by Crippen LogP contribution is -2.29. The minimum atomic E-state index is -0.0449. The predicted molar refractivity (Wildman–Crippen MR) is 48.8 cm³/mol. The standard InChI is InChI=1S/C9H18N2O/c1-3-6-11-9(8-10)5-7-12-4-2/h9,11H,3-7H2,1-2H3. The lowest BCUT2D eigenvalue weighted by Gasteiger charge is -2.09. The van der Waals surface area contributed by atoms with E-state index < -0.39 is 0 Å². The van der Waals surface area contributed by atoms with E-state index >= 15 is 0 Å². The molecule has 0 radical (unpaired) electrons. The summed E-state index contributed by atoms with van der Waals surface area (Å²) in [4.78, 5) is 0. The molecule has 0 aliphatic rings. The van der Waals surface area contributed by atoms with E-state index in [0.717, 1.165) is 26.0 Å². The second kappa shape index (κ2) is 8.51. The summed E-state index contributed by atoms with van der Waals surface area (Å²) < 4.78 is 5.15. The molecular weight excluding hydrogens is 152 g/mol. The topological polar surface area (TPSA) is 45.0 Å². The third kappa shape index (κ3) is 6.14. The second-order valence-electron chi connectivity index (χ2n) is 2.62. The van der Waals surface area contributed by atoms with Crippen LogP contribution in [0.2, 0.25) is 0 Å². The Morgan fingerprint density at radius 1 is 1.50 bits per heavy atom. The summed E-state index contributed by atoms with van der Waals surface area (Å²) in [5, 5.41) is 11.8. The first-order valence-electron chi connectivity index (χ1n) is 4.55. The van der Waals surface area contributed by atoms with Gasteiger partial charge in [-0.2, -0.15) is 5.26 Å². The van der Waals surface area contributed by atoms with Gasteiger partial charge in [0.1, 0.15) is 0 Å². The maximum absolute atomic E-state index is 8.68. The zero-order valence-electron chi connectivity index (χ0n) is 7.97. The molecule has 0 rings (SSSR count). The largest absolute Gasteiger partial charge is 0.382 e. The number of nitrogens with zero attached hydrogens (tertiary/aromatic N) is 1. The van der Waals surface area contributed by atoms with Gasteiger partial charge in [0.25, 0.3) is 0 Å². The van der Waals surface area contributed by atoms with Crippen LogP contribution in [0.3, 0.4) is 0 Å². The van der Waals surface area contributed by atoms with Crippen LogP contribution in [-0.2, 0) is 4.74 Å². The van der Waals surface area contributed by atoms with E-state index in [0.29, 0.717) is 6.61 Å². The van der Waals surface area contributed by atoms with E-state index in [2.05, 4.69) is 18.3 Å². The molecule has 3 heteroatoms. The van der Waals surface area contributed by atoms with E-state index in [1.54, 1.807) is 0 Å². The highest BCUT2D eigenvalue weighted by atomic mass is 16.5. The molecule has 0 amide bonds. The van der Waals surface area contributed by atoms with Crippen LogP contribution in [0.4, 0.5) is 0 Å². The van der Waals surface area contributed by atoms with Crippen molar-refractivity contribution in [3.63, 3.8) is 0 Å². The Kier molecular flexibility index (Phi) is 8.09.